The topological polar surface area (TPSA) is 38.9 Å². The summed E-state index contributed by atoms with van der Waals surface area (Å²) in [5.41, 5.74) is 1.17. The first kappa shape index (κ1) is 18.6. The van der Waals surface area contributed by atoms with E-state index in [1.807, 2.05) is 29.9 Å². The van der Waals surface area contributed by atoms with Gasteiger partial charge in [-0.2, -0.15) is 0 Å². The number of ether oxygens (including phenoxy) is 1. The third-order valence-electron chi connectivity index (χ3n) is 4.95. The predicted octanol–water partition coefficient (Wildman–Crippen LogP) is 1.11. The molecule has 1 aromatic carbocycles. The third-order valence-corrected chi connectivity index (χ3v) is 4.95. The molecule has 1 amide bonds. The van der Waals surface area contributed by atoms with Crippen molar-refractivity contribution in [1.82, 2.24) is 9.47 Å². The Hall–Kier alpha value is -2.18. The molecule has 5 nitrogen and oxygen atoms in total. The summed E-state index contributed by atoms with van der Waals surface area (Å²) in [5.74, 6) is -0.713. The van der Waals surface area contributed by atoms with Crippen molar-refractivity contribution in [3.63, 3.8) is 0 Å². The summed E-state index contributed by atoms with van der Waals surface area (Å²) in [7, 11) is 1.96. The highest BCUT2D eigenvalue weighted by Crippen LogP contribution is 2.13. The first-order chi connectivity index (χ1) is 12.6. The Morgan fingerprint density at radius 2 is 2.00 bits per heavy atom. The van der Waals surface area contributed by atoms with Crippen LogP contribution in [-0.4, -0.2) is 54.8 Å². The summed E-state index contributed by atoms with van der Waals surface area (Å²) in [6.07, 6.45) is 2.85. The number of amides is 1. The molecule has 1 N–H and O–H groups in total. The lowest BCUT2D eigenvalue weighted by molar-refractivity contribution is -0.908. The monoisotopic (exact) mass is 360 g/mol. The molecule has 3 rings (SSSR count). The van der Waals surface area contributed by atoms with E-state index < -0.39 is 5.82 Å². The molecule has 6 heteroatoms. The first-order valence-electron chi connectivity index (χ1n) is 9.20. The fraction of sp³-hybridized carbons (Fsp3) is 0.450. The van der Waals surface area contributed by atoms with Gasteiger partial charge in [0.1, 0.15) is 18.9 Å². The number of aromatic nitrogens is 1. The predicted molar refractivity (Wildman–Crippen MR) is 97.6 cm³/mol. The van der Waals surface area contributed by atoms with Crippen LogP contribution in [-0.2, 0) is 18.3 Å². The third kappa shape index (κ3) is 4.71. The SMILES string of the molecule is Cn1cccc1CN(CCC[NH+]1CCOCC1)C(=O)c1ccccc1F. The van der Waals surface area contributed by atoms with Gasteiger partial charge in [0.2, 0.25) is 0 Å². The Morgan fingerprint density at radius 3 is 2.69 bits per heavy atom. The molecule has 0 radical (unpaired) electrons. The lowest BCUT2D eigenvalue weighted by Crippen LogP contribution is -3.14. The van der Waals surface area contributed by atoms with Crippen molar-refractivity contribution >= 4 is 5.91 Å². The van der Waals surface area contributed by atoms with Crippen molar-refractivity contribution in [2.24, 2.45) is 7.05 Å². The number of carbonyl (C=O) groups excluding carboxylic acids is 1. The van der Waals surface area contributed by atoms with Gasteiger partial charge in [0.25, 0.3) is 5.91 Å². The molecule has 1 aliphatic rings. The highest BCUT2D eigenvalue weighted by molar-refractivity contribution is 5.94. The lowest BCUT2D eigenvalue weighted by atomic mass is 10.1. The number of benzene rings is 1. The maximum absolute atomic E-state index is 14.1. The molecule has 1 saturated heterocycles. The summed E-state index contributed by atoms with van der Waals surface area (Å²) >= 11 is 0. The number of carbonyl (C=O) groups is 1. The van der Waals surface area contributed by atoms with Gasteiger partial charge in [0, 0.05) is 31.9 Å². The maximum Gasteiger partial charge on any atom is 0.257 e. The Kier molecular flexibility index (Phi) is 6.41. The number of hydrogen-bond acceptors (Lipinski definition) is 2. The number of halogens is 1. The lowest BCUT2D eigenvalue weighted by Gasteiger charge is -2.26. The molecule has 0 aliphatic carbocycles. The van der Waals surface area contributed by atoms with Crippen LogP contribution < -0.4 is 4.90 Å². The second kappa shape index (κ2) is 8.96. The van der Waals surface area contributed by atoms with Gasteiger partial charge in [0.05, 0.1) is 31.9 Å². The summed E-state index contributed by atoms with van der Waals surface area (Å²) in [6.45, 7) is 5.72. The standard InChI is InChI=1S/C20H26FN3O2/c1-22-9-4-6-17(22)16-24(11-5-10-23-12-14-26-15-13-23)20(25)18-7-2-3-8-19(18)21/h2-4,6-9H,5,10-16H2,1H3/p+1. The maximum atomic E-state index is 14.1. The molecule has 0 unspecified atom stereocenters. The van der Waals surface area contributed by atoms with E-state index in [-0.39, 0.29) is 11.5 Å². The van der Waals surface area contributed by atoms with Crippen LogP contribution in [0, 0.1) is 5.82 Å². The summed E-state index contributed by atoms with van der Waals surface area (Å²) in [5, 5.41) is 0. The van der Waals surface area contributed by atoms with Crippen LogP contribution in [0.15, 0.2) is 42.6 Å². The summed E-state index contributed by atoms with van der Waals surface area (Å²) in [4.78, 5) is 16.2. The van der Waals surface area contributed by atoms with Crippen LogP contribution in [0.4, 0.5) is 4.39 Å². The minimum absolute atomic E-state index is 0.139. The van der Waals surface area contributed by atoms with Crippen molar-refractivity contribution in [1.29, 1.82) is 0 Å². The molecule has 2 heterocycles. The molecule has 2 aromatic rings. The van der Waals surface area contributed by atoms with E-state index in [1.165, 1.54) is 11.0 Å². The fourth-order valence-electron chi connectivity index (χ4n) is 3.34. The van der Waals surface area contributed by atoms with Gasteiger partial charge in [-0.05, 0) is 24.3 Å². The number of quaternary nitrogens is 1. The molecular formula is C20H27FN3O2+. The number of morpholine rings is 1. The zero-order valence-corrected chi connectivity index (χ0v) is 15.3. The van der Waals surface area contributed by atoms with Crippen LogP contribution in [0.3, 0.4) is 0 Å². The molecule has 1 aromatic heterocycles. The van der Waals surface area contributed by atoms with Crippen LogP contribution in [0.2, 0.25) is 0 Å². The number of nitrogens with zero attached hydrogens (tertiary/aromatic N) is 2. The molecular weight excluding hydrogens is 333 g/mol. The van der Waals surface area contributed by atoms with E-state index in [4.69, 9.17) is 4.74 Å². The molecule has 0 saturated carbocycles. The number of nitrogens with one attached hydrogen (secondary N) is 1. The zero-order valence-electron chi connectivity index (χ0n) is 15.3. The largest absolute Gasteiger partial charge is 0.370 e. The van der Waals surface area contributed by atoms with Crippen molar-refractivity contribution in [3.05, 3.63) is 59.7 Å². The van der Waals surface area contributed by atoms with Gasteiger partial charge in [-0.15, -0.1) is 0 Å². The van der Waals surface area contributed by atoms with Gasteiger partial charge in [-0.3, -0.25) is 4.79 Å². The molecule has 140 valence electrons. The van der Waals surface area contributed by atoms with Crippen molar-refractivity contribution in [2.75, 3.05) is 39.4 Å². The quantitative estimate of drug-likeness (QED) is 0.804. The molecule has 1 fully saturated rings. The molecule has 26 heavy (non-hydrogen) atoms. The second-order valence-electron chi connectivity index (χ2n) is 6.78. The van der Waals surface area contributed by atoms with Crippen molar-refractivity contribution in [3.8, 4) is 0 Å². The average Bonchev–Trinajstić information content (AvgIpc) is 3.06. The van der Waals surface area contributed by atoms with Crippen LogP contribution in [0.25, 0.3) is 0 Å². The van der Waals surface area contributed by atoms with Crippen molar-refractivity contribution < 1.29 is 18.8 Å². The number of hydrogen-bond donors (Lipinski definition) is 1. The number of aryl methyl sites for hydroxylation is 1. The zero-order chi connectivity index (χ0) is 18.4. The van der Waals surface area contributed by atoms with Crippen molar-refractivity contribution in [2.45, 2.75) is 13.0 Å². The molecule has 1 aliphatic heterocycles. The molecule has 0 spiro atoms. The Morgan fingerprint density at radius 1 is 1.23 bits per heavy atom. The minimum Gasteiger partial charge on any atom is -0.370 e. The van der Waals surface area contributed by atoms with E-state index in [2.05, 4.69) is 0 Å². The van der Waals surface area contributed by atoms with Gasteiger partial charge >= 0.3 is 0 Å². The fourth-order valence-corrected chi connectivity index (χ4v) is 3.34. The number of rotatable bonds is 7. The summed E-state index contributed by atoms with van der Waals surface area (Å²) < 4.78 is 21.5. The highest BCUT2D eigenvalue weighted by Gasteiger charge is 2.21. The minimum atomic E-state index is -0.465. The van der Waals surface area contributed by atoms with E-state index in [0.717, 1.165) is 45.0 Å². The Labute approximate surface area is 154 Å². The smallest absolute Gasteiger partial charge is 0.257 e. The average molecular weight is 360 g/mol. The summed E-state index contributed by atoms with van der Waals surface area (Å²) in [6, 6.07) is 10.2. The molecule has 0 bridgehead atoms. The van der Waals surface area contributed by atoms with Crippen LogP contribution in [0.1, 0.15) is 22.5 Å². The van der Waals surface area contributed by atoms with E-state index in [9.17, 15) is 9.18 Å². The van der Waals surface area contributed by atoms with E-state index >= 15 is 0 Å². The first-order valence-corrected chi connectivity index (χ1v) is 9.20. The van der Waals surface area contributed by atoms with E-state index in [1.54, 1.807) is 23.1 Å². The highest BCUT2D eigenvalue weighted by atomic mass is 19.1. The Bertz CT molecular complexity index is 725. The second-order valence-corrected chi connectivity index (χ2v) is 6.78. The van der Waals surface area contributed by atoms with Gasteiger partial charge in [-0.1, -0.05) is 12.1 Å². The molecule has 0 atom stereocenters. The van der Waals surface area contributed by atoms with Gasteiger partial charge < -0.3 is 19.1 Å². The normalized spacial score (nSPS) is 15.2. The van der Waals surface area contributed by atoms with Crippen LogP contribution in [0.5, 0.6) is 0 Å². The van der Waals surface area contributed by atoms with Gasteiger partial charge in [0.15, 0.2) is 0 Å². The van der Waals surface area contributed by atoms with Crippen LogP contribution >= 0.6 is 0 Å². The van der Waals surface area contributed by atoms with E-state index in [0.29, 0.717) is 13.1 Å². The van der Waals surface area contributed by atoms with Gasteiger partial charge in [-0.25, -0.2) is 4.39 Å². The Balaban J connectivity index is 1.67.